The van der Waals surface area contributed by atoms with Crippen LogP contribution in [0, 0.1) is 12.7 Å². The number of aromatic nitrogens is 2. The molecule has 1 heterocycles. The molecule has 2 rings (SSSR count). The lowest BCUT2D eigenvalue weighted by Crippen LogP contribution is -2.25. The van der Waals surface area contributed by atoms with Crippen molar-refractivity contribution in [3.63, 3.8) is 0 Å². The molecular formula is C14H12BrClFN3OS. The molecule has 0 atom stereocenters. The number of hydrogen-bond acceptors (Lipinski definition) is 4. The van der Waals surface area contributed by atoms with Crippen molar-refractivity contribution < 1.29 is 9.13 Å². The summed E-state index contributed by atoms with van der Waals surface area (Å²) in [5.41, 5.74) is 1.37. The number of thiocarbonyl (C=S) groups is 1. The van der Waals surface area contributed by atoms with Crippen molar-refractivity contribution >= 4 is 44.9 Å². The van der Waals surface area contributed by atoms with Gasteiger partial charge in [-0.1, -0.05) is 11.6 Å². The van der Waals surface area contributed by atoms with Crippen molar-refractivity contribution in [1.82, 2.24) is 14.9 Å². The highest BCUT2D eigenvalue weighted by atomic mass is 79.9. The van der Waals surface area contributed by atoms with E-state index in [1.165, 1.54) is 18.5 Å². The minimum atomic E-state index is -0.507. The van der Waals surface area contributed by atoms with E-state index in [0.29, 0.717) is 15.9 Å². The van der Waals surface area contributed by atoms with Gasteiger partial charge < -0.3 is 9.64 Å². The van der Waals surface area contributed by atoms with E-state index in [1.807, 2.05) is 0 Å². The highest BCUT2D eigenvalue weighted by molar-refractivity contribution is 9.10. The summed E-state index contributed by atoms with van der Waals surface area (Å²) in [4.78, 5) is 9.77. The molecule has 8 heteroatoms. The summed E-state index contributed by atoms with van der Waals surface area (Å²) in [6.45, 7) is 1.79. The van der Waals surface area contributed by atoms with Crippen molar-refractivity contribution in [2.75, 3.05) is 14.1 Å². The Morgan fingerprint density at radius 1 is 1.36 bits per heavy atom. The second-order valence-corrected chi connectivity index (χ2v) is 6.20. The molecule has 1 aromatic heterocycles. The van der Waals surface area contributed by atoms with E-state index in [9.17, 15) is 4.39 Å². The molecular weight excluding hydrogens is 393 g/mol. The summed E-state index contributed by atoms with van der Waals surface area (Å²) in [6, 6.07) is 2.65. The lowest BCUT2D eigenvalue weighted by Gasteiger charge is -2.16. The molecule has 0 fully saturated rings. The Labute approximate surface area is 146 Å². The third kappa shape index (κ3) is 3.53. The van der Waals surface area contributed by atoms with Crippen LogP contribution < -0.4 is 4.74 Å². The maximum absolute atomic E-state index is 14.3. The van der Waals surface area contributed by atoms with Crippen LogP contribution in [0.3, 0.4) is 0 Å². The van der Waals surface area contributed by atoms with Gasteiger partial charge >= 0.3 is 0 Å². The fourth-order valence-electron chi connectivity index (χ4n) is 1.62. The fourth-order valence-corrected chi connectivity index (χ4v) is 2.32. The van der Waals surface area contributed by atoms with Crippen LogP contribution in [0.15, 0.2) is 22.9 Å². The van der Waals surface area contributed by atoms with E-state index in [0.717, 1.165) is 0 Å². The van der Waals surface area contributed by atoms with Crippen LogP contribution in [-0.4, -0.2) is 34.1 Å². The monoisotopic (exact) mass is 403 g/mol. The van der Waals surface area contributed by atoms with Crippen molar-refractivity contribution in [3.05, 3.63) is 39.5 Å². The quantitative estimate of drug-likeness (QED) is 0.700. The first-order valence-corrected chi connectivity index (χ1v) is 7.74. The summed E-state index contributed by atoms with van der Waals surface area (Å²) >= 11 is 14.5. The molecule has 4 nitrogen and oxygen atoms in total. The van der Waals surface area contributed by atoms with E-state index in [1.54, 1.807) is 25.9 Å². The molecule has 22 heavy (non-hydrogen) atoms. The molecule has 0 spiro atoms. The van der Waals surface area contributed by atoms with E-state index in [4.69, 9.17) is 28.6 Å². The second-order valence-electron chi connectivity index (χ2n) is 4.65. The van der Waals surface area contributed by atoms with Crippen LogP contribution >= 0.6 is 39.7 Å². The topological polar surface area (TPSA) is 38.3 Å². The average Bonchev–Trinajstić information content (AvgIpc) is 2.45. The van der Waals surface area contributed by atoms with Crippen molar-refractivity contribution in [2.24, 2.45) is 0 Å². The van der Waals surface area contributed by atoms with Crippen LogP contribution in [0.5, 0.6) is 5.75 Å². The van der Waals surface area contributed by atoms with Gasteiger partial charge in [-0.3, -0.25) is 0 Å². The third-order valence-electron chi connectivity index (χ3n) is 2.80. The Morgan fingerprint density at radius 2 is 2.05 bits per heavy atom. The molecule has 2 aromatic rings. The van der Waals surface area contributed by atoms with Crippen molar-refractivity contribution in [2.45, 2.75) is 6.92 Å². The number of benzene rings is 1. The minimum Gasteiger partial charge on any atom is -0.430 e. The zero-order valence-corrected chi connectivity index (χ0v) is 15.2. The normalized spacial score (nSPS) is 10.5. The minimum absolute atomic E-state index is 0.132. The van der Waals surface area contributed by atoms with Gasteiger partial charge in [-0.2, -0.15) is 0 Å². The fraction of sp³-hybridized carbons (Fsp3) is 0.214. The van der Waals surface area contributed by atoms with E-state index < -0.39 is 5.82 Å². The Morgan fingerprint density at radius 3 is 2.68 bits per heavy atom. The largest absolute Gasteiger partial charge is 0.430 e. The summed E-state index contributed by atoms with van der Waals surface area (Å²) in [5, 5.41) is 0.352. The number of aryl methyl sites for hydroxylation is 1. The summed E-state index contributed by atoms with van der Waals surface area (Å²) in [6.07, 6.45) is 1.37. The first-order chi connectivity index (χ1) is 10.3. The molecule has 0 aliphatic carbocycles. The smallest absolute Gasteiger partial charge is 0.264 e. The summed E-state index contributed by atoms with van der Waals surface area (Å²) < 4.78 is 20.4. The number of rotatable bonds is 2. The Balaban J connectivity index is 2.53. The SMILES string of the molecule is Cc1ncnc(-c2cc(OC(=S)N(C)C)c(Cl)cc2F)c1Br. The van der Waals surface area contributed by atoms with E-state index in [-0.39, 0.29) is 21.5 Å². The van der Waals surface area contributed by atoms with Gasteiger partial charge in [0.2, 0.25) is 0 Å². The molecule has 0 N–H and O–H groups in total. The first-order valence-electron chi connectivity index (χ1n) is 6.17. The molecule has 116 valence electrons. The predicted molar refractivity (Wildman–Crippen MR) is 91.8 cm³/mol. The standard InChI is InChI=1S/C14H12BrClFN3OS/c1-7-12(15)13(19-6-18-7)8-4-11(9(16)5-10(8)17)21-14(22)20(2)3/h4-6H,1-3H3. The van der Waals surface area contributed by atoms with Gasteiger partial charge in [-0.15, -0.1) is 0 Å². The van der Waals surface area contributed by atoms with Gasteiger partial charge in [0.15, 0.2) is 0 Å². The highest BCUT2D eigenvalue weighted by Gasteiger charge is 2.17. The van der Waals surface area contributed by atoms with Crippen molar-refractivity contribution in [3.8, 4) is 17.0 Å². The molecule has 0 radical (unpaired) electrons. The van der Waals surface area contributed by atoms with Crippen molar-refractivity contribution in [1.29, 1.82) is 0 Å². The molecule has 0 aliphatic heterocycles. The molecule has 0 unspecified atom stereocenters. The lowest BCUT2D eigenvalue weighted by atomic mass is 10.1. The predicted octanol–water partition coefficient (Wildman–Crippen LogP) is 4.23. The van der Waals surface area contributed by atoms with Gasteiger partial charge in [0.05, 0.1) is 20.9 Å². The average molecular weight is 405 g/mol. The number of nitrogens with zero attached hydrogens (tertiary/aromatic N) is 3. The van der Waals surface area contributed by atoms with Crippen LogP contribution in [0.1, 0.15) is 5.69 Å². The van der Waals surface area contributed by atoms with Gasteiger partial charge in [-0.25, -0.2) is 14.4 Å². The zero-order valence-electron chi connectivity index (χ0n) is 12.0. The molecule has 0 bridgehead atoms. The molecule has 0 saturated carbocycles. The maximum atomic E-state index is 14.3. The Bertz CT molecular complexity index is 742. The Kier molecular flexibility index (Phi) is 5.31. The summed E-state index contributed by atoms with van der Waals surface area (Å²) in [7, 11) is 3.48. The molecule has 0 saturated heterocycles. The maximum Gasteiger partial charge on any atom is 0.264 e. The zero-order chi connectivity index (χ0) is 16.4. The van der Waals surface area contributed by atoms with Crippen LogP contribution in [-0.2, 0) is 0 Å². The second kappa shape index (κ2) is 6.85. The molecule has 0 aliphatic rings. The summed E-state index contributed by atoms with van der Waals surface area (Å²) in [5.74, 6) is -0.244. The number of hydrogen-bond donors (Lipinski definition) is 0. The third-order valence-corrected chi connectivity index (χ3v) is 4.50. The van der Waals surface area contributed by atoms with Crippen LogP contribution in [0.25, 0.3) is 11.3 Å². The molecule has 1 aromatic carbocycles. The van der Waals surface area contributed by atoms with Gasteiger partial charge in [0, 0.05) is 19.7 Å². The lowest BCUT2D eigenvalue weighted by molar-refractivity contribution is 0.449. The van der Waals surface area contributed by atoms with Gasteiger partial charge in [0.1, 0.15) is 17.9 Å². The van der Waals surface area contributed by atoms with Gasteiger partial charge in [0.25, 0.3) is 5.17 Å². The van der Waals surface area contributed by atoms with E-state index >= 15 is 0 Å². The van der Waals surface area contributed by atoms with E-state index in [2.05, 4.69) is 25.9 Å². The first kappa shape index (κ1) is 17.1. The molecule has 0 amide bonds. The number of halogens is 3. The van der Waals surface area contributed by atoms with Crippen LogP contribution in [0.4, 0.5) is 4.39 Å². The Hall–Kier alpha value is -1.31. The van der Waals surface area contributed by atoms with Gasteiger partial charge in [-0.05, 0) is 47.2 Å². The highest BCUT2D eigenvalue weighted by Crippen LogP contribution is 2.36. The number of ether oxygens (including phenoxy) is 1. The van der Waals surface area contributed by atoms with Crippen LogP contribution in [0.2, 0.25) is 5.02 Å².